The lowest BCUT2D eigenvalue weighted by Gasteiger charge is -2.11. The van der Waals surface area contributed by atoms with Crippen molar-refractivity contribution in [3.8, 4) is 5.75 Å². The Morgan fingerprint density at radius 1 is 1.10 bits per heavy atom. The minimum absolute atomic E-state index is 0.519. The lowest BCUT2D eigenvalue weighted by atomic mass is 10.2. The average molecular weight is 288 g/mol. The van der Waals surface area contributed by atoms with Crippen LogP contribution in [0.5, 0.6) is 5.75 Å². The third-order valence-corrected chi connectivity index (χ3v) is 3.10. The summed E-state index contributed by atoms with van der Waals surface area (Å²) >= 11 is 5.97. The molecule has 0 unspecified atom stereocenters. The van der Waals surface area contributed by atoms with Crippen LogP contribution in [0, 0.1) is 0 Å². The molecule has 0 aromatic heterocycles. The van der Waals surface area contributed by atoms with Crippen LogP contribution in [-0.2, 0) is 13.1 Å². The highest BCUT2D eigenvalue weighted by atomic mass is 35.5. The topological polar surface area (TPSA) is 21.3 Å². The highest BCUT2D eigenvalue weighted by Gasteiger charge is 2.02. The molecular formula is C17H18ClNO. The monoisotopic (exact) mass is 287 g/mol. The number of hydrogen-bond acceptors (Lipinski definition) is 2. The maximum Gasteiger partial charge on any atom is 0.124 e. The molecule has 2 aromatic rings. The van der Waals surface area contributed by atoms with E-state index in [0.29, 0.717) is 6.61 Å². The van der Waals surface area contributed by atoms with Gasteiger partial charge in [0.1, 0.15) is 12.4 Å². The number of rotatable bonds is 7. The molecule has 3 heteroatoms. The van der Waals surface area contributed by atoms with Gasteiger partial charge in [0.15, 0.2) is 0 Å². The summed E-state index contributed by atoms with van der Waals surface area (Å²) in [5.74, 6) is 0.894. The lowest BCUT2D eigenvalue weighted by Crippen LogP contribution is -2.13. The Morgan fingerprint density at radius 3 is 2.75 bits per heavy atom. The van der Waals surface area contributed by atoms with Gasteiger partial charge in [-0.1, -0.05) is 54.6 Å². The molecule has 1 N–H and O–H groups in total. The highest BCUT2D eigenvalue weighted by molar-refractivity contribution is 6.30. The van der Waals surface area contributed by atoms with Gasteiger partial charge >= 0.3 is 0 Å². The number of halogens is 1. The van der Waals surface area contributed by atoms with Crippen molar-refractivity contribution in [1.29, 1.82) is 0 Å². The Morgan fingerprint density at radius 2 is 1.95 bits per heavy atom. The molecule has 0 amide bonds. The van der Waals surface area contributed by atoms with Crippen LogP contribution in [0.15, 0.2) is 61.2 Å². The molecule has 0 saturated heterocycles. The Hall–Kier alpha value is -1.77. The van der Waals surface area contributed by atoms with E-state index in [0.717, 1.165) is 29.4 Å². The molecule has 104 valence electrons. The van der Waals surface area contributed by atoms with Gasteiger partial charge in [0.05, 0.1) is 0 Å². The quantitative estimate of drug-likeness (QED) is 0.771. The van der Waals surface area contributed by atoms with Crippen LogP contribution >= 0.6 is 11.6 Å². The Kier molecular flexibility index (Phi) is 5.66. The highest BCUT2D eigenvalue weighted by Crippen LogP contribution is 2.18. The van der Waals surface area contributed by atoms with Gasteiger partial charge in [-0.15, -0.1) is 0 Å². The van der Waals surface area contributed by atoms with Crippen LogP contribution in [0.1, 0.15) is 11.1 Å². The zero-order valence-corrected chi connectivity index (χ0v) is 12.1. The van der Waals surface area contributed by atoms with Gasteiger partial charge in [-0.25, -0.2) is 0 Å². The normalized spacial score (nSPS) is 10.2. The third kappa shape index (κ3) is 4.41. The average Bonchev–Trinajstić information content (AvgIpc) is 2.46. The summed E-state index contributed by atoms with van der Waals surface area (Å²) in [6.07, 6.45) is 1.75. The molecule has 2 aromatic carbocycles. The summed E-state index contributed by atoms with van der Waals surface area (Å²) in [7, 11) is 0. The van der Waals surface area contributed by atoms with Crippen molar-refractivity contribution >= 4 is 11.6 Å². The Bertz CT molecular complexity index is 568. The molecule has 0 radical (unpaired) electrons. The first-order valence-electron chi connectivity index (χ1n) is 6.56. The van der Waals surface area contributed by atoms with Crippen LogP contribution in [0.2, 0.25) is 5.02 Å². The molecule has 0 aliphatic carbocycles. The van der Waals surface area contributed by atoms with Gasteiger partial charge < -0.3 is 10.1 Å². The lowest BCUT2D eigenvalue weighted by molar-refractivity contribution is 0.358. The third-order valence-electron chi connectivity index (χ3n) is 2.86. The maximum atomic E-state index is 5.97. The number of ether oxygens (including phenoxy) is 1. The van der Waals surface area contributed by atoms with E-state index < -0.39 is 0 Å². The van der Waals surface area contributed by atoms with E-state index in [-0.39, 0.29) is 0 Å². The van der Waals surface area contributed by atoms with E-state index >= 15 is 0 Å². The van der Waals surface area contributed by atoms with Crippen LogP contribution in [0.4, 0.5) is 0 Å². The summed E-state index contributed by atoms with van der Waals surface area (Å²) in [5, 5.41) is 4.16. The molecule has 0 fully saturated rings. The second-order valence-electron chi connectivity index (χ2n) is 4.44. The summed E-state index contributed by atoms with van der Waals surface area (Å²) in [4.78, 5) is 0. The minimum atomic E-state index is 0.519. The van der Waals surface area contributed by atoms with Crippen molar-refractivity contribution in [2.75, 3.05) is 6.61 Å². The second kappa shape index (κ2) is 7.73. The summed E-state index contributed by atoms with van der Waals surface area (Å²) < 4.78 is 5.63. The number of benzene rings is 2. The van der Waals surface area contributed by atoms with Crippen molar-refractivity contribution in [3.63, 3.8) is 0 Å². The van der Waals surface area contributed by atoms with Crippen molar-refractivity contribution in [1.82, 2.24) is 5.32 Å². The van der Waals surface area contributed by atoms with E-state index in [1.165, 1.54) is 5.56 Å². The smallest absolute Gasteiger partial charge is 0.124 e. The molecule has 2 nitrogen and oxygen atoms in total. The van der Waals surface area contributed by atoms with Gasteiger partial charge in [0, 0.05) is 23.7 Å². The number of para-hydroxylation sites is 1. The van der Waals surface area contributed by atoms with E-state index in [2.05, 4.69) is 24.0 Å². The van der Waals surface area contributed by atoms with Crippen molar-refractivity contribution in [2.24, 2.45) is 0 Å². The van der Waals surface area contributed by atoms with Gasteiger partial charge in [-0.3, -0.25) is 0 Å². The van der Waals surface area contributed by atoms with E-state index in [1.807, 2.05) is 36.4 Å². The van der Waals surface area contributed by atoms with Gasteiger partial charge in [0.2, 0.25) is 0 Å². The molecule has 2 rings (SSSR count). The van der Waals surface area contributed by atoms with Crippen LogP contribution < -0.4 is 10.1 Å². The van der Waals surface area contributed by atoms with E-state index in [4.69, 9.17) is 16.3 Å². The van der Waals surface area contributed by atoms with Crippen LogP contribution in [-0.4, -0.2) is 6.61 Å². The largest absolute Gasteiger partial charge is 0.489 e. The molecule has 0 atom stereocenters. The zero-order valence-electron chi connectivity index (χ0n) is 11.3. The number of nitrogens with one attached hydrogen (secondary N) is 1. The first kappa shape index (κ1) is 14.6. The maximum absolute atomic E-state index is 5.97. The summed E-state index contributed by atoms with van der Waals surface area (Å²) in [5.41, 5.74) is 2.30. The summed E-state index contributed by atoms with van der Waals surface area (Å²) in [6, 6.07) is 15.9. The van der Waals surface area contributed by atoms with E-state index in [9.17, 15) is 0 Å². The number of hydrogen-bond donors (Lipinski definition) is 1. The molecule has 20 heavy (non-hydrogen) atoms. The fraction of sp³-hybridized carbons (Fsp3) is 0.176. The minimum Gasteiger partial charge on any atom is -0.489 e. The molecule has 0 spiro atoms. The van der Waals surface area contributed by atoms with Crippen molar-refractivity contribution < 1.29 is 4.74 Å². The molecule has 0 heterocycles. The molecule has 0 aliphatic heterocycles. The molecule has 0 saturated carbocycles. The second-order valence-corrected chi connectivity index (χ2v) is 4.88. The van der Waals surface area contributed by atoms with Crippen LogP contribution in [0.25, 0.3) is 0 Å². The Labute approximate surface area is 125 Å². The molecule has 0 bridgehead atoms. The van der Waals surface area contributed by atoms with Gasteiger partial charge in [0.25, 0.3) is 0 Å². The predicted octanol–water partition coefficient (Wildman–Crippen LogP) is 4.19. The first-order valence-corrected chi connectivity index (χ1v) is 6.94. The SMILES string of the molecule is C=CCOc1ccccc1CNCc1cccc(Cl)c1. The molecular weight excluding hydrogens is 270 g/mol. The van der Waals surface area contributed by atoms with Gasteiger partial charge in [-0.2, -0.15) is 0 Å². The van der Waals surface area contributed by atoms with Crippen LogP contribution in [0.3, 0.4) is 0 Å². The van der Waals surface area contributed by atoms with Crippen molar-refractivity contribution in [2.45, 2.75) is 13.1 Å². The first-order chi connectivity index (χ1) is 9.79. The Balaban J connectivity index is 1.92. The molecule has 0 aliphatic rings. The van der Waals surface area contributed by atoms with E-state index in [1.54, 1.807) is 6.08 Å². The predicted molar refractivity (Wildman–Crippen MR) is 84.1 cm³/mol. The fourth-order valence-electron chi connectivity index (χ4n) is 1.93. The zero-order chi connectivity index (χ0) is 14.2. The van der Waals surface area contributed by atoms with Crippen molar-refractivity contribution in [3.05, 3.63) is 77.3 Å². The van der Waals surface area contributed by atoms with Gasteiger partial charge in [-0.05, 0) is 23.8 Å². The fourth-order valence-corrected chi connectivity index (χ4v) is 2.14. The summed E-state index contributed by atoms with van der Waals surface area (Å²) in [6.45, 7) is 5.71. The standard InChI is InChI=1S/C17H18ClNO/c1-2-10-20-17-9-4-3-7-15(17)13-19-12-14-6-5-8-16(18)11-14/h2-9,11,19H,1,10,12-13H2.